The number of benzene rings is 2. The average Bonchev–Trinajstić information content (AvgIpc) is 3.04. The maximum absolute atomic E-state index is 12.7. The first-order chi connectivity index (χ1) is 14.9. The van der Waals surface area contributed by atoms with E-state index < -0.39 is 9.84 Å². The molecule has 1 amide bonds. The lowest BCUT2D eigenvalue weighted by Gasteiger charge is -2.27. The van der Waals surface area contributed by atoms with Gasteiger partial charge < -0.3 is 15.1 Å². The number of nitrogens with zero attached hydrogens (tertiary/aromatic N) is 2. The number of carbonyl (C=O) groups excluding carboxylic acids is 1. The summed E-state index contributed by atoms with van der Waals surface area (Å²) < 4.78 is 23.3. The second kappa shape index (κ2) is 9.30. The Kier molecular flexibility index (Phi) is 6.51. The van der Waals surface area contributed by atoms with Gasteiger partial charge in [0.1, 0.15) is 0 Å². The molecule has 2 aromatic carbocycles. The van der Waals surface area contributed by atoms with E-state index in [0.717, 1.165) is 31.0 Å². The van der Waals surface area contributed by atoms with Gasteiger partial charge in [-0.2, -0.15) is 0 Å². The van der Waals surface area contributed by atoms with Crippen molar-refractivity contribution in [3.8, 4) is 0 Å². The number of carbonyl (C=O) groups is 1. The molecule has 0 aromatic heterocycles. The Morgan fingerprint density at radius 1 is 1.00 bits per heavy atom. The first-order valence-electron chi connectivity index (χ1n) is 11.0. The van der Waals surface area contributed by atoms with Crippen LogP contribution in [-0.2, 0) is 21.2 Å². The lowest BCUT2D eigenvalue weighted by atomic mass is 10.1. The highest BCUT2D eigenvalue weighted by molar-refractivity contribution is 7.91. The van der Waals surface area contributed by atoms with E-state index in [4.69, 9.17) is 0 Å². The van der Waals surface area contributed by atoms with Gasteiger partial charge in [-0.1, -0.05) is 49.4 Å². The summed E-state index contributed by atoms with van der Waals surface area (Å²) in [5.41, 5.74) is 3.48. The van der Waals surface area contributed by atoms with E-state index in [1.807, 2.05) is 18.2 Å². The molecule has 7 heteroatoms. The van der Waals surface area contributed by atoms with E-state index in [1.54, 1.807) is 0 Å². The van der Waals surface area contributed by atoms with Gasteiger partial charge in [-0.3, -0.25) is 4.79 Å². The second-order valence-electron chi connectivity index (χ2n) is 8.91. The van der Waals surface area contributed by atoms with Crippen LogP contribution in [0.1, 0.15) is 18.9 Å². The zero-order chi connectivity index (χ0) is 21.8. The largest absolute Gasteiger partial charge is 0.365 e. The van der Waals surface area contributed by atoms with Gasteiger partial charge in [-0.05, 0) is 36.0 Å². The van der Waals surface area contributed by atoms with Crippen LogP contribution in [0.5, 0.6) is 0 Å². The number of amides is 1. The number of fused-ring (bicyclic) bond motifs is 1. The topological polar surface area (TPSA) is 69.7 Å². The van der Waals surface area contributed by atoms with Crippen LogP contribution >= 0.6 is 0 Å². The minimum absolute atomic E-state index is 0.0330. The van der Waals surface area contributed by atoms with Crippen LogP contribution < -0.4 is 15.1 Å². The van der Waals surface area contributed by atoms with E-state index >= 15 is 0 Å². The Labute approximate surface area is 185 Å². The lowest BCUT2D eigenvalue weighted by molar-refractivity contribution is -0.119. The quantitative estimate of drug-likeness (QED) is 0.747. The summed E-state index contributed by atoms with van der Waals surface area (Å²) in [7, 11) is -2.92. The fourth-order valence-electron chi connectivity index (χ4n) is 4.63. The third-order valence-electron chi connectivity index (χ3n) is 6.09. The standard InChI is InChI=1S/C24H31N3O3S/c1-19-14-26(16-20-7-3-2-4-8-20)22-9-5-6-10-23(22)27(15-19)17-24(28)25-13-21-11-12-31(29,30)18-21/h2-10,19,21H,11-18H2,1H3,(H,25,28)/t19-,21+/m1/s1. The summed E-state index contributed by atoms with van der Waals surface area (Å²) in [4.78, 5) is 17.3. The molecule has 0 unspecified atom stereocenters. The summed E-state index contributed by atoms with van der Waals surface area (Å²) in [6, 6.07) is 18.7. The molecule has 0 saturated carbocycles. The van der Waals surface area contributed by atoms with Crippen molar-refractivity contribution in [2.75, 3.05) is 47.5 Å². The summed E-state index contributed by atoms with van der Waals surface area (Å²) in [6.07, 6.45) is 0.640. The normalized spacial score (nSPS) is 22.6. The van der Waals surface area contributed by atoms with Crippen molar-refractivity contribution >= 4 is 27.1 Å². The smallest absolute Gasteiger partial charge is 0.239 e. The van der Waals surface area contributed by atoms with E-state index in [1.165, 1.54) is 5.56 Å². The first kappa shape index (κ1) is 21.7. The molecular formula is C24H31N3O3S. The van der Waals surface area contributed by atoms with Crippen LogP contribution in [0.15, 0.2) is 54.6 Å². The predicted molar refractivity (Wildman–Crippen MR) is 125 cm³/mol. The number of para-hydroxylation sites is 2. The highest BCUT2D eigenvalue weighted by atomic mass is 32.2. The van der Waals surface area contributed by atoms with Gasteiger partial charge in [0.25, 0.3) is 0 Å². The van der Waals surface area contributed by atoms with Crippen molar-refractivity contribution in [3.63, 3.8) is 0 Å². The van der Waals surface area contributed by atoms with E-state index in [9.17, 15) is 13.2 Å². The number of hydrogen-bond acceptors (Lipinski definition) is 5. The molecule has 2 aromatic rings. The maximum Gasteiger partial charge on any atom is 0.239 e. The van der Waals surface area contributed by atoms with Crippen LogP contribution in [0.2, 0.25) is 0 Å². The first-order valence-corrected chi connectivity index (χ1v) is 12.8. The number of anilines is 2. The highest BCUT2D eigenvalue weighted by Gasteiger charge is 2.29. The molecule has 2 aliphatic rings. The molecule has 1 saturated heterocycles. The van der Waals surface area contributed by atoms with Crippen molar-refractivity contribution in [2.45, 2.75) is 19.9 Å². The third-order valence-corrected chi connectivity index (χ3v) is 7.93. The van der Waals surface area contributed by atoms with E-state index in [0.29, 0.717) is 18.9 Å². The van der Waals surface area contributed by atoms with Gasteiger partial charge >= 0.3 is 0 Å². The lowest BCUT2D eigenvalue weighted by Crippen LogP contribution is -2.41. The van der Waals surface area contributed by atoms with Crippen molar-refractivity contribution in [3.05, 3.63) is 60.2 Å². The maximum atomic E-state index is 12.7. The van der Waals surface area contributed by atoms with Gasteiger partial charge in [0.05, 0.1) is 29.4 Å². The van der Waals surface area contributed by atoms with Gasteiger partial charge in [0.2, 0.25) is 5.91 Å². The zero-order valence-electron chi connectivity index (χ0n) is 18.0. The molecule has 0 spiro atoms. The van der Waals surface area contributed by atoms with Crippen molar-refractivity contribution in [1.29, 1.82) is 0 Å². The summed E-state index contributed by atoms with van der Waals surface area (Å²) in [6.45, 7) is 5.48. The number of nitrogens with one attached hydrogen (secondary N) is 1. The molecule has 2 heterocycles. The molecule has 31 heavy (non-hydrogen) atoms. The van der Waals surface area contributed by atoms with Gasteiger partial charge in [0.15, 0.2) is 9.84 Å². The van der Waals surface area contributed by atoms with Crippen molar-refractivity contribution < 1.29 is 13.2 Å². The molecule has 1 fully saturated rings. The molecule has 4 rings (SSSR count). The van der Waals surface area contributed by atoms with Crippen LogP contribution in [0.4, 0.5) is 11.4 Å². The van der Waals surface area contributed by atoms with Gasteiger partial charge in [-0.15, -0.1) is 0 Å². The minimum Gasteiger partial charge on any atom is -0.365 e. The van der Waals surface area contributed by atoms with Crippen LogP contribution in [-0.4, -0.2) is 52.0 Å². The fraction of sp³-hybridized carbons (Fsp3) is 0.458. The van der Waals surface area contributed by atoms with Crippen molar-refractivity contribution in [2.24, 2.45) is 11.8 Å². The second-order valence-corrected chi connectivity index (χ2v) is 11.1. The number of sulfone groups is 1. The van der Waals surface area contributed by atoms with Gasteiger partial charge in [0, 0.05) is 26.2 Å². The van der Waals surface area contributed by atoms with Crippen LogP contribution in [0.3, 0.4) is 0 Å². The highest BCUT2D eigenvalue weighted by Crippen LogP contribution is 2.34. The molecule has 1 N–H and O–H groups in total. The molecule has 0 bridgehead atoms. The Bertz CT molecular complexity index is 1010. The summed E-state index contributed by atoms with van der Waals surface area (Å²) >= 11 is 0. The number of hydrogen-bond donors (Lipinski definition) is 1. The minimum atomic E-state index is -2.92. The van der Waals surface area contributed by atoms with Crippen LogP contribution in [0, 0.1) is 11.8 Å². The average molecular weight is 442 g/mol. The molecular weight excluding hydrogens is 410 g/mol. The Balaban J connectivity index is 1.45. The molecule has 2 aliphatic heterocycles. The van der Waals surface area contributed by atoms with E-state index in [-0.39, 0.29) is 29.9 Å². The van der Waals surface area contributed by atoms with Crippen molar-refractivity contribution in [1.82, 2.24) is 5.32 Å². The Morgan fingerprint density at radius 2 is 1.65 bits per heavy atom. The molecule has 0 radical (unpaired) electrons. The fourth-order valence-corrected chi connectivity index (χ4v) is 6.49. The monoisotopic (exact) mass is 441 g/mol. The Hall–Kier alpha value is -2.54. The summed E-state index contributed by atoms with van der Waals surface area (Å²) in [5.74, 6) is 0.796. The molecule has 6 nitrogen and oxygen atoms in total. The zero-order valence-corrected chi connectivity index (χ0v) is 18.9. The molecule has 0 aliphatic carbocycles. The SMILES string of the molecule is C[C@H]1CN(CC(=O)NC[C@@H]2CCS(=O)(=O)C2)c2ccccc2N(Cc2ccccc2)C1. The predicted octanol–water partition coefficient (Wildman–Crippen LogP) is 2.70. The molecule has 166 valence electrons. The third kappa shape index (κ3) is 5.58. The Morgan fingerprint density at radius 3 is 2.32 bits per heavy atom. The summed E-state index contributed by atoms with van der Waals surface area (Å²) in [5, 5.41) is 2.97. The van der Waals surface area contributed by atoms with Gasteiger partial charge in [-0.25, -0.2) is 8.42 Å². The molecule has 2 atom stereocenters. The van der Waals surface area contributed by atoms with E-state index in [2.05, 4.69) is 58.4 Å². The number of rotatable bonds is 6. The van der Waals surface area contributed by atoms with Crippen LogP contribution in [0.25, 0.3) is 0 Å².